The van der Waals surface area contributed by atoms with Crippen LogP contribution in [0.5, 0.6) is 0 Å². The van der Waals surface area contributed by atoms with Crippen molar-refractivity contribution < 1.29 is 23.5 Å². The van der Waals surface area contributed by atoms with Crippen molar-refractivity contribution >= 4 is 23.9 Å². The van der Waals surface area contributed by atoms with Gasteiger partial charge in [0.25, 0.3) is 11.8 Å². The number of carbonyl (C=O) groups excluding carboxylic acids is 3. The van der Waals surface area contributed by atoms with E-state index in [4.69, 9.17) is 4.74 Å². The van der Waals surface area contributed by atoms with Gasteiger partial charge in [0.15, 0.2) is 6.10 Å². The second kappa shape index (κ2) is 9.12. The molecule has 2 aromatic carbocycles. The van der Waals surface area contributed by atoms with Crippen molar-refractivity contribution in [1.29, 1.82) is 0 Å². The maximum Gasteiger partial charge on any atom is 0.331 e. The lowest BCUT2D eigenvalue weighted by atomic mass is 10.2. The molecule has 7 heteroatoms. The van der Waals surface area contributed by atoms with Gasteiger partial charge >= 0.3 is 5.97 Å². The Labute approximate surface area is 149 Å². The first-order chi connectivity index (χ1) is 12.5. The first-order valence-corrected chi connectivity index (χ1v) is 7.75. The number of hydrogen-bond acceptors (Lipinski definition) is 4. The van der Waals surface area contributed by atoms with E-state index in [0.29, 0.717) is 11.1 Å². The molecule has 26 heavy (non-hydrogen) atoms. The third kappa shape index (κ3) is 5.86. The van der Waals surface area contributed by atoms with Crippen LogP contribution in [-0.2, 0) is 14.3 Å². The molecule has 0 unspecified atom stereocenters. The normalized spacial score (nSPS) is 11.6. The smallest absolute Gasteiger partial charge is 0.331 e. The van der Waals surface area contributed by atoms with Gasteiger partial charge in [0.1, 0.15) is 5.82 Å². The van der Waals surface area contributed by atoms with Gasteiger partial charge in [0.2, 0.25) is 0 Å². The lowest BCUT2D eigenvalue weighted by Crippen LogP contribution is -2.46. The predicted octanol–water partition coefficient (Wildman–Crippen LogP) is 2.23. The number of ether oxygens (including phenoxy) is 1. The van der Waals surface area contributed by atoms with Crippen LogP contribution in [0.1, 0.15) is 22.8 Å². The number of halogens is 1. The zero-order valence-corrected chi connectivity index (χ0v) is 13.9. The number of hydrogen-bond donors (Lipinski definition) is 2. The van der Waals surface area contributed by atoms with E-state index < -0.39 is 23.9 Å². The Hall–Kier alpha value is -3.48. The highest BCUT2D eigenvalue weighted by atomic mass is 19.1. The summed E-state index contributed by atoms with van der Waals surface area (Å²) in [6.07, 6.45) is 1.44. The molecule has 2 amide bonds. The molecule has 0 aliphatic heterocycles. The lowest BCUT2D eigenvalue weighted by Gasteiger charge is -2.13. The average Bonchev–Trinajstić information content (AvgIpc) is 2.66. The minimum absolute atomic E-state index is 0.375. The van der Waals surface area contributed by atoms with Gasteiger partial charge in [-0.1, -0.05) is 30.3 Å². The summed E-state index contributed by atoms with van der Waals surface area (Å²) in [5, 5.41) is 0. The summed E-state index contributed by atoms with van der Waals surface area (Å²) in [5.74, 6) is -2.30. The first kappa shape index (κ1) is 18.9. The summed E-state index contributed by atoms with van der Waals surface area (Å²) in [6, 6.07) is 13.8. The van der Waals surface area contributed by atoms with Crippen molar-refractivity contribution in [3.63, 3.8) is 0 Å². The molecule has 2 aromatic rings. The molecular weight excluding hydrogens is 339 g/mol. The van der Waals surface area contributed by atoms with Crippen molar-refractivity contribution in [2.45, 2.75) is 13.0 Å². The molecule has 0 bridgehead atoms. The molecule has 0 saturated heterocycles. The number of hydrazine groups is 1. The lowest BCUT2D eigenvalue weighted by molar-refractivity contribution is -0.150. The van der Waals surface area contributed by atoms with Crippen molar-refractivity contribution in [3.05, 3.63) is 77.6 Å². The second-order valence-corrected chi connectivity index (χ2v) is 5.27. The summed E-state index contributed by atoms with van der Waals surface area (Å²) in [5.41, 5.74) is 5.40. The van der Waals surface area contributed by atoms with Crippen LogP contribution in [-0.4, -0.2) is 23.9 Å². The van der Waals surface area contributed by atoms with Gasteiger partial charge in [0, 0.05) is 11.6 Å². The fraction of sp³-hybridized carbons (Fsp3) is 0.105. The number of esters is 1. The van der Waals surface area contributed by atoms with Crippen LogP contribution >= 0.6 is 0 Å². The second-order valence-electron chi connectivity index (χ2n) is 5.27. The molecule has 6 nitrogen and oxygen atoms in total. The molecule has 0 spiro atoms. The Morgan fingerprint density at radius 2 is 1.65 bits per heavy atom. The van der Waals surface area contributed by atoms with E-state index in [9.17, 15) is 18.8 Å². The highest BCUT2D eigenvalue weighted by molar-refractivity contribution is 5.96. The molecule has 2 rings (SSSR count). The van der Waals surface area contributed by atoms with Crippen LogP contribution in [0.25, 0.3) is 6.08 Å². The maximum atomic E-state index is 12.8. The van der Waals surface area contributed by atoms with Gasteiger partial charge in [-0.05, 0) is 42.8 Å². The highest BCUT2D eigenvalue weighted by Gasteiger charge is 2.17. The van der Waals surface area contributed by atoms with Gasteiger partial charge in [-0.3, -0.25) is 20.4 Å². The van der Waals surface area contributed by atoms with E-state index in [2.05, 4.69) is 10.9 Å². The maximum absolute atomic E-state index is 12.8. The molecule has 134 valence electrons. The summed E-state index contributed by atoms with van der Waals surface area (Å²) in [4.78, 5) is 35.4. The minimum Gasteiger partial charge on any atom is -0.449 e. The van der Waals surface area contributed by atoms with E-state index in [1.165, 1.54) is 37.3 Å². The molecule has 0 aliphatic carbocycles. The molecule has 1 atom stereocenters. The van der Waals surface area contributed by atoms with E-state index in [-0.39, 0.29) is 5.82 Å². The number of nitrogens with one attached hydrogen (secondary N) is 2. The van der Waals surface area contributed by atoms with E-state index >= 15 is 0 Å². The predicted molar refractivity (Wildman–Crippen MR) is 93.0 cm³/mol. The van der Waals surface area contributed by atoms with Crippen molar-refractivity contribution in [2.75, 3.05) is 0 Å². The van der Waals surface area contributed by atoms with Crippen molar-refractivity contribution in [1.82, 2.24) is 10.9 Å². The Balaban J connectivity index is 1.79. The molecular formula is C19H17FN2O4. The van der Waals surface area contributed by atoms with Crippen LogP contribution in [0.4, 0.5) is 4.39 Å². The van der Waals surface area contributed by atoms with Crippen LogP contribution in [0.2, 0.25) is 0 Å². The summed E-state index contributed by atoms with van der Waals surface area (Å²) in [6.45, 7) is 1.37. The number of carbonyl (C=O) groups is 3. The summed E-state index contributed by atoms with van der Waals surface area (Å²) < 4.78 is 17.7. The van der Waals surface area contributed by atoms with Crippen LogP contribution in [0, 0.1) is 5.82 Å². The van der Waals surface area contributed by atoms with Crippen LogP contribution in [0.3, 0.4) is 0 Å². The molecule has 0 fully saturated rings. The number of amides is 2. The number of benzene rings is 2. The Morgan fingerprint density at radius 3 is 2.31 bits per heavy atom. The van der Waals surface area contributed by atoms with Gasteiger partial charge in [-0.2, -0.15) is 0 Å². The van der Waals surface area contributed by atoms with Crippen molar-refractivity contribution in [2.24, 2.45) is 0 Å². The standard InChI is InChI=1S/C19H17FN2O4/c1-13(18(24)21-22-19(25)15-5-3-2-4-6-15)26-17(23)12-9-14-7-10-16(20)11-8-14/h2-13H,1H3,(H,21,24)(H,22,25)/b12-9+/t13-/m1/s1. The fourth-order valence-corrected chi connectivity index (χ4v) is 1.89. The Bertz CT molecular complexity index is 804. The van der Waals surface area contributed by atoms with E-state index in [1.807, 2.05) is 0 Å². The van der Waals surface area contributed by atoms with Gasteiger partial charge < -0.3 is 4.74 Å². The van der Waals surface area contributed by atoms with E-state index in [0.717, 1.165) is 6.08 Å². The summed E-state index contributed by atoms with van der Waals surface area (Å²) >= 11 is 0. The zero-order valence-electron chi connectivity index (χ0n) is 13.9. The topological polar surface area (TPSA) is 84.5 Å². The van der Waals surface area contributed by atoms with Crippen LogP contribution < -0.4 is 10.9 Å². The fourth-order valence-electron chi connectivity index (χ4n) is 1.89. The molecule has 0 aliphatic rings. The van der Waals surface area contributed by atoms with Gasteiger partial charge in [-0.15, -0.1) is 0 Å². The zero-order chi connectivity index (χ0) is 18.9. The number of rotatable bonds is 5. The SMILES string of the molecule is C[C@@H](OC(=O)/C=C/c1ccc(F)cc1)C(=O)NNC(=O)c1ccccc1. The minimum atomic E-state index is -1.11. The molecule has 0 saturated carbocycles. The first-order valence-electron chi connectivity index (χ1n) is 7.75. The highest BCUT2D eigenvalue weighted by Crippen LogP contribution is 2.05. The Kier molecular flexibility index (Phi) is 6.61. The third-order valence-corrected chi connectivity index (χ3v) is 3.28. The van der Waals surface area contributed by atoms with E-state index in [1.54, 1.807) is 30.3 Å². The monoisotopic (exact) mass is 356 g/mol. The van der Waals surface area contributed by atoms with Crippen molar-refractivity contribution in [3.8, 4) is 0 Å². The van der Waals surface area contributed by atoms with Gasteiger partial charge in [-0.25, -0.2) is 9.18 Å². The average molecular weight is 356 g/mol. The molecule has 0 radical (unpaired) electrons. The molecule has 2 N–H and O–H groups in total. The third-order valence-electron chi connectivity index (χ3n) is 3.28. The van der Waals surface area contributed by atoms with Gasteiger partial charge in [0.05, 0.1) is 0 Å². The largest absolute Gasteiger partial charge is 0.449 e. The summed E-state index contributed by atoms with van der Waals surface area (Å²) in [7, 11) is 0. The van der Waals surface area contributed by atoms with Crippen LogP contribution in [0.15, 0.2) is 60.7 Å². The molecule has 0 heterocycles. The quantitative estimate of drug-likeness (QED) is 0.489. The Morgan fingerprint density at radius 1 is 1.00 bits per heavy atom. The molecule has 0 aromatic heterocycles.